The molecule has 5 rings (SSSR count). The smallest absolute Gasteiger partial charge is 0.338 e. The minimum absolute atomic E-state index is 0.0414. The molecule has 0 heterocycles. The average molecular weight is 511 g/mol. The summed E-state index contributed by atoms with van der Waals surface area (Å²) in [6, 6.07) is 26.6. The lowest BCUT2D eigenvalue weighted by Gasteiger charge is -2.54. The van der Waals surface area contributed by atoms with Crippen LogP contribution in [0.1, 0.15) is 52.6 Å². The van der Waals surface area contributed by atoms with Gasteiger partial charge in [0.25, 0.3) is 0 Å². The Morgan fingerprint density at radius 3 is 2.05 bits per heavy atom. The van der Waals surface area contributed by atoms with Crippen LogP contribution in [-0.2, 0) is 21.2 Å². The highest BCUT2D eigenvalue weighted by atomic mass is 28.4. The average Bonchev–Trinajstić information content (AvgIpc) is 3.14. The molecule has 0 radical (unpaired) electrons. The van der Waals surface area contributed by atoms with Crippen molar-refractivity contribution in [2.45, 2.75) is 50.9 Å². The summed E-state index contributed by atoms with van der Waals surface area (Å²) in [6.45, 7) is 11.2. The summed E-state index contributed by atoms with van der Waals surface area (Å²) in [4.78, 5) is 27.0. The quantitative estimate of drug-likeness (QED) is 0.193. The first-order chi connectivity index (χ1) is 17.6. The predicted octanol–water partition coefficient (Wildman–Crippen LogP) is 7.13. The lowest BCUT2D eigenvalue weighted by Crippen LogP contribution is -2.58. The second kappa shape index (κ2) is 9.23. The van der Waals surface area contributed by atoms with Gasteiger partial charge >= 0.3 is 5.97 Å². The van der Waals surface area contributed by atoms with E-state index in [2.05, 4.69) is 46.0 Å². The maximum Gasteiger partial charge on any atom is 0.338 e. The third-order valence-corrected chi connectivity index (χ3v) is 12.7. The number of carbonyl (C=O) groups is 2. The molecule has 0 saturated heterocycles. The molecule has 0 aromatic heterocycles. The number of Topliss-reactive ketones (excluding diaryl/α,β-unsaturated/α-hetero) is 1. The van der Waals surface area contributed by atoms with E-state index in [1.165, 1.54) is 5.56 Å². The van der Waals surface area contributed by atoms with E-state index in [0.717, 1.165) is 17.6 Å². The van der Waals surface area contributed by atoms with Crippen LogP contribution in [0, 0.1) is 5.92 Å². The van der Waals surface area contributed by atoms with E-state index in [9.17, 15) is 9.59 Å². The summed E-state index contributed by atoms with van der Waals surface area (Å²) in [5, 5.41) is -0.0414. The van der Waals surface area contributed by atoms with Crippen LogP contribution in [0.2, 0.25) is 18.1 Å². The molecule has 0 amide bonds. The van der Waals surface area contributed by atoms with E-state index in [0.29, 0.717) is 16.7 Å². The zero-order chi connectivity index (χ0) is 26.4. The van der Waals surface area contributed by atoms with Crippen LogP contribution in [0.15, 0.2) is 96.1 Å². The van der Waals surface area contributed by atoms with Crippen molar-refractivity contribution < 1.29 is 18.8 Å². The Balaban J connectivity index is 1.62. The molecule has 0 saturated carbocycles. The normalized spacial score (nSPS) is 20.6. The van der Waals surface area contributed by atoms with Crippen LogP contribution in [0.4, 0.5) is 0 Å². The fourth-order valence-electron chi connectivity index (χ4n) is 5.38. The Hall–Kier alpha value is -3.28. The lowest BCUT2D eigenvalue weighted by atomic mass is 9.62. The van der Waals surface area contributed by atoms with Crippen molar-refractivity contribution in [3.63, 3.8) is 0 Å². The highest BCUT2D eigenvalue weighted by Crippen LogP contribution is 2.63. The maximum absolute atomic E-state index is 14.2. The molecule has 4 nitrogen and oxygen atoms in total. The van der Waals surface area contributed by atoms with Crippen LogP contribution >= 0.6 is 0 Å². The lowest BCUT2D eigenvalue weighted by molar-refractivity contribution is 0.00922. The van der Waals surface area contributed by atoms with Crippen molar-refractivity contribution in [2.75, 3.05) is 6.61 Å². The van der Waals surface area contributed by atoms with Crippen molar-refractivity contribution in [3.8, 4) is 0 Å². The molecular weight excluding hydrogens is 476 g/mol. The van der Waals surface area contributed by atoms with Crippen LogP contribution < -0.4 is 0 Å². The maximum atomic E-state index is 14.2. The molecule has 2 aliphatic rings. The molecule has 0 spiro atoms. The summed E-state index contributed by atoms with van der Waals surface area (Å²) in [7, 11) is -2.31. The zero-order valence-corrected chi connectivity index (χ0v) is 23.2. The summed E-state index contributed by atoms with van der Waals surface area (Å²) in [5.41, 5.74) is 4.05. The van der Waals surface area contributed by atoms with Crippen LogP contribution in [0.3, 0.4) is 0 Å². The van der Waals surface area contributed by atoms with Gasteiger partial charge in [0.1, 0.15) is 12.2 Å². The first-order valence-corrected chi connectivity index (χ1v) is 15.8. The summed E-state index contributed by atoms with van der Waals surface area (Å²) in [5.74, 6) is -0.499. The summed E-state index contributed by atoms with van der Waals surface area (Å²) < 4.78 is 13.1. The van der Waals surface area contributed by atoms with Gasteiger partial charge < -0.3 is 9.16 Å². The van der Waals surface area contributed by atoms with E-state index in [4.69, 9.17) is 9.16 Å². The van der Waals surface area contributed by atoms with Gasteiger partial charge in [0.05, 0.1) is 5.56 Å². The SMILES string of the molecule is CC(C)(C)[Si](C)(C)O[C@]12C(C(=O)c3ccccc3)=C(COC(=O)c3ccccc3)[C@H]1Cc1ccccc12. The molecule has 190 valence electrons. The molecule has 3 aromatic carbocycles. The van der Waals surface area contributed by atoms with Crippen molar-refractivity contribution in [2.24, 2.45) is 5.92 Å². The van der Waals surface area contributed by atoms with Gasteiger partial charge in [-0.25, -0.2) is 4.79 Å². The van der Waals surface area contributed by atoms with Crippen LogP contribution in [-0.4, -0.2) is 26.7 Å². The molecule has 0 fully saturated rings. The molecule has 0 bridgehead atoms. The topological polar surface area (TPSA) is 52.6 Å². The third kappa shape index (κ3) is 4.20. The zero-order valence-electron chi connectivity index (χ0n) is 22.2. The largest absolute Gasteiger partial charge is 0.458 e. The Labute approximate surface area is 220 Å². The van der Waals surface area contributed by atoms with Crippen molar-refractivity contribution >= 4 is 20.1 Å². The second-order valence-electron chi connectivity index (χ2n) is 11.5. The van der Waals surface area contributed by atoms with Crippen LogP contribution in [0.5, 0.6) is 0 Å². The van der Waals surface area contributed by atoms with Crippen LogP contribution in [0.25, 0.3) is 0 Å². The van der Waals surface area contributed by atoms with Gasteiger partial charge in [-0.2, -0.15) is 0 Å². The van der Waals surface area contributed by atoms with Crippen molar-refractivity contribution in [3.05, 3.63) is 118 Å². The summed E-state index contributed by atoms with van der Waals surface area (Å²) >= 11 is 0. The van der Waals surface area contributed by atoms with Gasteiger partial charge in [-0.1, -0.05) is 93.6 Å². The Bertz CT molecular complexity index is 1370. The molecule has 0 unspecified atom stereocenters. The monoisotopic (exact) mass is 510 g/mol. The number of carbonyl (C=O) groups excluding carboxylic acids is 2. The third-order valence-electron chi connectivity index (χ3n) is 8.30. The molecule has 2 aliphatic carbocycles. The number of ether oxygens (including phenoxy) is 1. The van der Waals surface area contributed by atoms with Crippen molar-refractivity contribution in [1.82, 2.24) is 0 Å². The Morgan fingerprint density at radius 1 is 0.865 bits per heavy atom. The highest BCUT2D eigenvalue weighted by Gasteiger charge is 2.64. The molecular formula is C32H34O4Si. The van der Waals surface area contributed by atoms with Crippen molar-refractivity contribution in [1.29, 1.82) is 0 Å². The van der Waals surface area contributed by atoms with E-state index in [1.807, 2.05) is 60.7 Å². The standard InChI is InChI=1S/C32H34O4Si/c1-31(2,3)37(4,5)36-32-26-19-13-12-18-24(26)20-27(32)25(21-35-30(34)23-16-10-7-11-17-23)28(32)29(33)22-14-8-6-9-15-22/h6-19,27H,20-21H2,1-5H3/t27-,32+/m1/s1. The number of benzene rings is 3. The highest BCUT2D eigenvalue weighted by molar-refractivity contribution is 6.74. The minimum atomic E-state index is -2.31. The number of ketones is 1. The van der Waals surface area contributed by atoms with Gasteiger partial charge in [-0.05, 0) is 53.4 Å². The van der Waals surface area contributed by atoms with E-state index in [1.54, 1.807) is 12.1 Å². The predicted molar refractivity (Wildman–Crippen MR) is 148 cm³/mol. The Kier molecular flexibility index (Phi) is 6.33. The first kappa shape index (κ1) is 25.4. The molecule has 0 N–H and O–H groups in total. The minimum Gasteiger partial charge on any atom is -0.458 e. The number of fused-ring (bicyclic) bond motifs is 3. The molecule has 5 heteroatoms. The second-order valence-corrected chi connectivity index (χ2v) is 16.3. The number of esters is 1. The molecule has 0 aliphatic heterocycles. The number of hydrogen-bond donors (Lipinski definition) is 0. The molecule has 37 heavy (non-hydrogen) atoms. The fraction of sp³-hybridized carbons (Fsp3) is 0.312. The van der Waals surface area contributed by atoms with E-state index >= 15 is 0 Å². The Morgan fingerprint density at radius 2 is 1.43 bits per heavy atom. The molecule has 2 atom stereocenters. The van der Waals surface area contributed by atoms with Gasteiger partial charge in [0.15, 0.2) is 14.1 Å². The summed E-state index contributed by atoms with van der Waals surface area (Å²) in [6.07, 6.45) is 0.759. The van der Waals surface area contributed by atoms with E-state index in [-0.39, 0.29) is 23.3 Å². The van der Waals surface area contributed by atoms with Gasteiger partial charge in [-0.3, -0.25) is 4.79 Å². The van der Waals surface area contributed by atoms with Gasteiger partial charge in [-0.15, -0.1) is 0 Å². The molecule has 3 aromatic rings. The van der Waals surface area contributed by atoms with Gasteiger partial charge in [0, 0.05) is 17.1 Å². The van der Waals surface area contributed by atoms with Gasteiger partial charge in [0.2, 0.25) is 0 Å². The van der Waals surface area contributed by atoms with E-state index < -0.39 is 19.9 Å². The first-order valence-electron chi connectivity index (χ1n) is 12.9. The number of hydrogen-bond acceptors (Lipinski definition) is 4. The number of rotatable bonds is 7. The fourth-order valence-corrected chi connectivity index (χ4v) is 6.84.